The summed E-state index contributed by atoms with van der Waals surface area (Å²) in [6.07, 6.45) is 16.1. The van der Waals surface area contributed by atoms with Crippen LogP contribution in [0.1, 0.15) is 125 Å². The van der Waals surface area contributed by atoms with Gasteiger partial charge in [-0.1, -0.05) is 59.8 Å². The number of amides is 2. The number of carbonyl (C=O) groups is 3. The van der Waals surface area contributed by atoms with Crippen LogP contribution in [0.4, 0.5) is 0 Å². The van der Waals surface area contributed by atoms with Gasteiger partial charge in [-0.05, 0) is 93.0 Å². The first-order valence-electron chi connectivity index (χ1n) is 17.4. The molecule has 43 heavy (non-hydrogen) atoms. The lowest BCUT2D eigenvalue weighted by Gasteiger charge is -2.57. The maximum Gasteiger partial charge on any atom is 0.320 e. The van der Waals surface area contributed by atoms with Gasteiger partial charge in [0.25, 0.3) is 0 Å². The average Bonchev–Trinajstić information content (AvgIpc) is 2.94. The second-order valence-corrected chi connectivity index (χ2v) is 16.1. The highest BCUT2D eigenvalue weighted by molar-refractivity contribution is 5.92. The zero-order valence-corrected chi connectivity index (χ0v) is 27.8. The maximum absolute atomic E-state index is 14.2. The molecule has 6 aliphatic rings. The second kappa shape index (κ2) is 12.8. The zero-order valence-electron chi connectivity index (χ0n) is 27.8. The number of fused-ring (bicyclic) bond motifs is 1. The predicted molar refractivity (Wildman–Crippen MR) is 168 cm³/mol. The Labute approximate surface area is 260 Å². The largest absolute Gasteiger partial charge is 0.468 e. The maximum atomic E-state index is 14.2. The first-order chi connectivity index (χ1) is 20.4. The van der Waals surface area contributed by atoms with Crippen LogP contribution in [0.3, 0.4) is 0 Å². The number of carbonyl (C=O) groups excluding carboxylic acids is 3. The molecule has 2 aliphatic heterocycles. The molecule has 7 nitrogen and oxygen atoms in total. The number of piperidine rings is 1. The van der Waals surface area contributed by atoms with E-state index < -0.39 is 17.4 Å². The fraction of sp³-hybridized carbons (Fsp3) is 0.861. The molecule has 2 heterocycles. The summed E-state index contributed by atoms with van der Waals surface area (Å²) in [4.78, 5) is 43.3. The van der Waals surface area contributed by atoms with Crippen LogP contribution in [0.2, 0.25) is 0 Å². The molecule has 2 amide bonds. The fourth-order valence-corrected chi connectivity index (χ4v) is 9.81. The third kappa shape index (κ3) is 6.58. The molecule has 7 heteroatoms. The molecule has 1 N–H and O–H groups in total. The Balaban J connectivity index is 1.35. The van der Waals surface area contributed by atoms with Crippen molar-refractivity contribution in [3.63, 3.8) is 0 Å². The molecule has 0 radical (unpaired) electrons. The molecule has 0 spiro atoms. The highest BCUT2D eigenvalue weighted by Crippen LogP contribution is 2.60. The van der Waals surface area contributed by atoms with Gasteiger partial charge >= 0.3 is 5.97 Å². The predicted octanol–water partition coefficient (Wildman–Crippen LogP) is 6.79. The van der Waals surface area contributed by atoms with Gasteiger partial charge in [-0.25, -0.2) is 0 Å². The van der Waals surface area contributed by atoms with E-state index in [0.717, 1.165) is 49.3 Å². The summed E-state index contributed by atoms with van der Waals surface area (Å²) in [6.45, 7) is 11.8. The number of esters is 1. The molecular formula is C36H58N2O5. The Morgan fingerprint density at radius 2 is 1.60 bits per heavy atom. The number of unbranched alkanes of at least 4 members (excludes halogenated alkanes) is 5. The summed E-state index contributed by atoms with van der Waals surface area (Å²) in [7, 11) is 1.42. The van der Waals surface area contributed by atoms with E-state index in [1.807, 2.05) is 17.9 Å². The van der Waals surface area contributed by atoms with E-state index >= 15 is 0 Å². The number of nitrogens with zero attached hydrogens (tertiary/aromatic N) is 1. The van der Waals surface area contributed by atoms with Gasteiger partial charge in [-0.2, -0.15) is 0 Å². The Morgan fingerprint density at radius 1 is 1.00 bits per heavy atom. The van der Waals surface area contributed by atoms with Gasteiger partial charge in [0.1, 0.15) is 5.41 Å². The minimum Gasteiger partial charge on any atom is -0.468 e. The molecule has 4 aliphatic carbocycles. The number of likely N-dealkylation sites (tertiary alicyclic amines) is 1. The van der Waals surface area contributed by atoms with Gasteiger partial charge in [-0.15, -0.1) is 0 Å². The van der Waals surface area contributed by atoms with Gasteiger partial charge < -0.3 is 19.7 Å². The molecule has 5 fully saturated rings. The van der Waals surface area contributed by atoms with Crippen molar-refractivity contribution in [2.45, 2.75) is 137 Å². The number of ether oxygens (including phenoxy) is 2. The van der Waals surface area contributed by atoms with Gasteiger partial charge in [-0.3, -0.25) is 14.4 Å². The summed E-state index contributed by atoms with van der Waals surface area (Å²) in [6, 6.07) is 0. The number of hydrogen-bond acceptors (Lipinski definition) is 5. The van der Waals surface area contributed by atoms with Crippen molar-refractivity contribution >= 4 is 17.8 Å². The molecule has 1 saturated heterocycles. The lowest BCUT2D eigenvalue weighted by atomic mass is 9.49. The highest BCUT2D eigenvalue weighted by atomic mass is 16.5. The number of methoxy groups -OCH3 is 1. The van der Waals surface area contributed by atoms with Crippen molar-refractivity contribution < 1.29 is 23.9 Å². The highest BCUT2D eigenvalue weighted by Gasteiger charge is 2.60. The van der Waals surface area contributed by atoms with Crippen LogP contribution in [0.15, 0.2) is 11.8 Å². The molecule has 4 bridgehead atoms. The summed E-state index contributed by atoms with van der Waals surface area (Å²) >= 11 is 0. The van der Waals surface area contributed by atoms with E-state index in [9.17, 15) is 14.4 Å². The molecule has 4 atom stereocenters. The van der Waals surface area contributed by atoms with Crippen molar-refractivity contribution in [1.29, 1.82) is 0 Å². The molecule has 6 rings (SSSR count). The van der Waals surface area contributed by atoms with E-state index in [4.69, 9.17) is 9.47 Å². The molecule has 4 saturated carbocycles. The smallest absolute Gasteiger partial charge is 0.320 e. The zero-order chi connectivity index (χ0) is 31.0. The Bertz CT molecular complexity index is 1040. The first kappa shape index (κ1) is 32.5. The van der Waals surface area contributed by atoms with Crippen molar-refractivity contribution in [2.75, 3.05) is 20.2 Å². The van der Waals surface area contributed by atoms with Crippen LogP contribution >= 0.6 is 0 Å². The SMILES string of the molecule is CCCCCCCCN1C(=O)[C@@H](CC(=O)NCC23CC4CC(CC(C4)C2)C3)C[C@@]2(C(=O)OC)C1=C[C@H](C(C)(C)C)O[C@@H]2C. The third-order valence-electron chi connectivity index (χ3n) is 11.7. The van der Waals surface area contributed by atoms with Crippen molar-refractivity contribution in [2.24, 2.45) is 39.9 Å². The minimum atomic E-state index is -1.11. The molecule has 0 aromatic heterocycles. The Hall–Kier alpha value is -1.89. The van der Waals surface area contributed by atoms with E-state index in [0.29, 0.717) is 6.54 Å². The van der Waals surface area contributed by atoms with E-state index in [-0.39, 0.29) is 47.6 Å². The van der Waals surface area contributed by atoms with E-state index in [1.165, 1.54) is 64.9 Å². The number of rotatable bonds is 12. The molecule has 0 aromatic carbocycles. The van der Waals surface area contributed by atoms with Crippen molar-refractivity contribution in [3.05, 3.63) is 11.8 Å². The normalized spacial score (nSPS) is 36.7. The average molecular weight is 599 g/mol. The quantitative estimate of drug-likeness (QED) is 0.197. The summed E-state index contributed by atoms with van der Waals surface area (Å²) in [5.74, 6) is 1.40. The minimum absolute atomic E-state index is 0.0361. The number of hydrogen-bond donors (Lipinski definition) is 1. The van der Waals surface area contributed by atoms with Crippen LogP contribution < -0.4 is 5.32 Å². The van der Waals surface area contributed by atoms with Crippen LogP contribution in [0, 0.1) is 39.9 Å². The summed E-state index contributed by atoms with van der Waals surface area (Å²) in [5, 5.41) is 3.29. The number of nitrogens with one attached hydrogen (secondary N) is 1. The second-order valence-electron chi connectivity index (χ2n) is 16.1. The fourth-order valence-electron chi connectivity index (χ4n) is 9.81. The van der Waals surface area contributed by atoms with Crippen LogP contribution in [-0.2, 0) is 23.9 Å². The van der Waals surface area contributed by atoms with E-state index in [2.05, 4.69) is 33.0 Å². The molecular weight excluding hydrogens is 540 g/mol. The van der Waals surface area contributed by atoms with Crippen LogP contribution in [-0.4, -0.2) is 55.1 Å². The Morgan fingerprint density at radius 3 is 2.19 bits per heavy atom. The van der Waals surface area contributed by atoms with Gasteiger partial charge in [0, 0.05) is 31.1 Å². The molecule has 242 valence electrons. The topological polar surface area (TPSA) is 84.9 Å². The molecule has 0 aromatic rings. The van der Waals surface area contributed by atoms with E-state index in [1.54, 1.807) is 0 Å². The van der Waals surface area contributed by atoms with Gasteiger partial charge in [0.2, 0.25) is 11.8 Å². The van der Waals surface area contributed by atoms with Crippen molar-refractivity contribution in [3.8, 4) is 0 Å². The summed E-state index contributed by atoms with van der Waals surface area (Å²) in [5.41, 5.74) is -0.354. The van der Waals surface area contributed by atoms with Gasteiger partial charge in [0.05, 0.1) is 19.3 Å². The standard InChI is InChI=1S/C36H58N2O5/c1-7-8-9-10-11-12-13-38-29-18-30(34(3,4)5)43-24(2)36(29,33(41)42-6)22-28(32(38)40)17-31(39)37-23-35-19-25-14-26(20-35)16-27(15-25)21-35/h18,24-28,30H,7-17,19-23H2,1-6H3,(H,37,39)/t24-,25?,26?,27?,28+,30-,35?,36+/m1/s1. The monoisotopic (exact) mass is 598 g/mol. The first-order valence-corrected chi connectivity index (χ1v) is 17.4. The van der Waals surface area contributed by atoms with Crippen LogP contribution in [0.5, 0.6) is 0 Å². The lowest BCUT2D eigenvalue weighted by Crippen LogP contribution is -2.61. The van der Waals surface area contributed by atoms with Crippen molar-refractivity contribution in [1.82, 2.24) is 10.2 Å². The third-order valence-corrected chi connectivity index (χ3v) is 11.7. The summed E-state index contributed by atoms with van der Waals surface area (Å²) < 4.78 is 12.0. The molecule has 0 unspecified atom stereocenters. The van der Waals surface area contributed by atoms with Crippen LogP contribution in [0.25, 0.3) is 0 Å². The van der Waals surface area contributed by atoms with Gasteiger partial charge in [0.15, 0.2) is 0 Å². The Kier molecular flexibility index (Phi) is 9.71. The lowest BCUT2D eigenvalue weighted by molar-refractivity contribution is -0.180.